The molecule has 2 nitrogen and oxygen atoms in total. The van der Waals surface area contributed by atoms with Crippen molar-refractivity contribution < 1.29 is 6.85 Å². The second-order valence-corrected chi connectivity index (χ2v) is 14.5. The number of anilines is 6. The molecule has 1 spiro atoms. The minimum Gasteiger partial charge on any atom is -0.310 e. The van der Waals surface area contributed by atoms with Crippen molar-refractivity contribution >= 4 is 34.1 Å². The van der Waals surface area contributed by atoms with Gasteiger partial charge in [0.25, 0.3) is 0 Å². The highest BCUT2D eigenvalue weighted by Gasteiger charge is 2.52. The molecule has 0 aromatic heterocycles. The van der Waals surface area contributed by atoms with Gasteiger partial charge in [-0.2, -0.15) is 0 Å². The van der Waals surface area contributed by atoms with Crippen LogP contribution < -0.4 is 9.80 Å². The molecule has 0 saturated carbocycles. The predicted molar refractivity (Wildman–Crippen MR) is 238 cm³/mol. The molecule has 9 aromatic rings. The summed E-state index contributed by atoms with van der Waals surface area (Å²) in [7, 11) is 0. The second-order valence-electron chi connectivity index (χ2n) is 14.5. The summed E-state index contributed by atoms with van der Waals surface area (Å²) in [6.45, 7) is 0. The van der Waals surface area contributed by atoms with Gasteiger partial charge in [0.1, 0.15) is 0 Å². The first-order chi connectivity index (χ1) is 30.4. The number of hydrogen-bond donors (Lipinski definition) is 0. The standard InChI is InChI=1S/C55H38N2/c1-5-17-39(18-6-1)40-29-31-44(32-30-40)57(43-23-11-4-12-24-43)46-33-35-49-47-25-13-15-27-51(47)55(54(49)38-46)52-28-16-14-26-48(52)50-37-45(34-36-53(50)55)56(41-19-7-2-8-20-41)42-21-9-3-10-22-42/h1-38H/i2D,7D,8D,19D,20D. The molecule has 0 saturated heterocycles. The SMILES string of the molecule is [2H]c1c([2H])c([2H])c(N(c2ccccc2)c2ccc3c(c2)-c2ccccc2C32c3ccccc3-c3ccc(N(c4ccccc4)c4ccc(-c5ccccc5)cc4)cc32)c([2H])c1[2H]. The third-order valence-corrected chi connectivity index (χ3v) is 11.5. The van der Waals surface area contributed by atoms with Crippen LogP contribution >= 0.6 is 0 Å². The van der Waals surface area contributed by atoms with E-state index in [0.29, 0.717) is 11.4 Å². The van der Waals surface area contributed by atoms with E-state index in [1.54, 1.807) is 4.90 Å². The maximum absolute atomic E-state index is 9.04. The van der Waals surface area contributed by atoms with Gasteiger partial charge < -0.3 is 9.80 Å². The van der Waals surface area contributed by atoms with Gasteiger partial charge in [-0.3, -0.25) is 0 Å². The Balaban J connectivity index is 1.13. The summed E-state index contributed by atoms with van der Waals surface area (Å²) < 4.78 is 43.6. The van der Waals surface area contributed by atoms with Crippen LogP contribution in [0.4, 0.5) is 34.1 Å². The van der Waals surface area contributed by atoms with E-state index in [-0.39, 0.29) is 29.9 Å². The van der Waals surface area contributed by atoms with E-state index in [1.807, 2.05) is 48.5 Å². The number of nitrogens with zero attached hydrogens (tertiary/aromatic N) is 2. The number of benzene rings is 9. The molecule has 0 N–H and O–H groups in total. The molecule has 0 aliphatic heterocycles. The molecular formula is C55H38N2. The molecule has 0 fully saturated rings. The molecule has 2 aliphatic rings. The molecule has 0 heterocycles. The van der Waals surface area contributed by atoms with Crippen LogP contribution in [-0.2, 0) is 5.41 Å². The summed E-state index contributed by atoms with van der Waals surface area (Å²) in [5, 5.41) is 0. The van der Waals surface area contributed by atoms with Crippen LogP contribution in [0.1, 0.15) is 29.1 Å². The zero-order valence-corrected chi connectivity index (χ0v) is 30.9. The Hall–Kier alpha value is -7.42. The largest absolute Gasteiger partial charge is 0.310 e. The van der Waals surface area contributed by atoms with Crippen LogP contribution in [0, 0.1) is 0 Å². The van der Waals surface area contributed by atoms with E-state index in [2.05, 4.69) is 157 Å². The topological polar surface area (TPSA) is 6.48 Å². The van der Waals surface area contributed by atoms with Crippen LogP contribution in [0.5, 0.6) is 0 Å². The highest BCUT2D eigenvalue weighted by Crippen LogP contribution is 2.64. The molecular weight excluding hydrogens is 689 g/mol. The molecule has 11 rings (SSSR count). The Morgan fingerprint density at radius 2 is 0.737 bits per heavy atom. The Morgan fingerprint density at radius 1 is 0.298 bits per heavy atom. The lowest BCUT2D eigenvalue weighted by molar-refractivity contribution is 0.793. The lowest BCUT2D eigenvalue weighted by atomic mass is 9.70. The molecule has 0 radical (unpaired) electrons. The maximum atomic E-state index is 9.04. The summed E-state index contributed by atoms with van der Waals surface area (Å²) in [5.41, 5.74) is 15.4. The van der Waals surface area contributed by atoms with Crippen LogP contribution in [0.3, 0.4) is 0 Å². The zero-order chi connectivity index (χ0) is 42.1. The van der Waals surface area contributed by atoms with E-state index < -0.39 is 11.5 Å². The minimum absolute atomic E-state index is 0.0992. The van der Waals surface area contributed by atoms with Gasteiger partial charge in [-0.1, -0.05) is 158 Å². The van der Waals surface area contributed by atoms with Gasteiger partial charge in [-0.15, -0.1) is 0 Å². The zero-order valence-electron chi connectivity index (χ0n) is 35.9. The van der Waals surface area contributed by atoms with E-state index in [4.69, 9.17) is 6.85 Å². The van der Waals surface area contributed by atoms with Crippen LogP contribution in [0.2, 0.25) is 0 Å². The average Bonchev–Trinajstić information content (AvgIpc) is 3.79. The number of hydrogen-bond acceptors (Lipinski definition) is 2. The molecule has 9 aromatic carbocycles. The Labute approximate surface area is 341 Å². The lowest BCUT2D eigenvalue weighted by Gasteiger charge is -2.32. The van der Waals surface area contributed by atoms with Gasteiger partial charge in [0.15, 0.2) is 0 Å². The Bertz CT molecular complexity index is 3160. The molecule has 2 aliphatic carbocycles. The quantitative estimate of drug-likeness (QED) is 0.161. The number of fused-ring (bicyclic) bond motifs is 10. The van der Waals surface area contributed by atoms with Gasteiger partial charge in [-0.25, -0.2) is 0 Å². The van der Waals surface area contributed by atoms with Crippen molar-refractivity contribution in [2.24, 2.45) is 0 Å². The average molecular weight is 732 g/mol. The van der Waals surface area contributed by atoms with Crippen molar-refractivity contribution in [2.75, 3.05) is 9.80 Å². The number of para-hydroxylation sites is 3. The molecule has 1 unspecified atom stereocenters. The molecule has 57 heavy (non-hydrogen) atoms. The fraction of sp³-hybridized carbons (Fsp3) is 0.0182. The predicted octanol–water partition coefficient (Wildman–Crippen LogP) is 14.6. The van der Waals surface area contributed by atoms with Crippen molar-refractivity contribution in [3.05, 3.63) is 253 Å². The van der Waals surface area contributed by atoms with Crippen molar-refractivity contribution in [3.8, 4) is 33.4 Å². The third kappa shape index (κ3) is 5.18. The summed E-state index contributed by atoms with van der Waals surface area (Å²) in [4.78, 5) is 4.12. The van der Waals surface area contributed by atoms with Crippen molar-refractivity contribution in [3.63, 3.8) is 0 Å². The van der Waals surface area contributed by atoms with E-state index in [0.717, 1.165) is 39.3 Å². The van der Waals surface area contributed by atoms with Crippen LogP contribution in [0.25, 0.3) is 33.4 Å². The fourth-order valence-corrected chi connectivity index (χ4v) is 9.20. The highest BCUT2D eigenvalue weighted by atomic mass is 15.1. The normalized spacial score (nSPS) is 15.6. The molecule has 0 bridgehead atoms. The van der Waals surface area contributed by atoms with Gasteiger partial charge >= 0.3 is 0 Å². The lowest BCUT2D eigenvalue weighted by Crippen LogP contribution is -2.26. The number of rotatable bonds is 7. The molecule has 1 atom stereocenters. The molecule has 268 valence electrons. The maximum Gasteiger partial charge on any atom is 0.0726 e. The second kappa shape index (κ2) is 13.4. The first-order valence-electron chi connectivity index (χ1n) is 21.8. The molecule has 0 amide bonds. The summed E-state index contributed by atoms with van der Waals surface area (Å²) in [6.07, 6.45) is 0. The Kier molecular flexibility index (Phi) is 6.60. The van der Waals surface area contributed by atoms with Crippen molar-refractivity contribution in [1.29, 1.82) is 0 Å². The van der Waals surface area contributed by atoms with Crippen LogP contribution in [0.15, 0.2) is 230 Å². The van der Waals surface area contributed by atoms with Gasteiger partial charge in [0.2, 0.25) is 0 Å². The summed E-state index contributed by atoms with van der Waals surface area (Å²) in [5.74, 6) is 0. The van der Waals surface area contributed by atoms with Crippen molar-refractivity contribution in [2.45, 2.75) is 5.41 Å². The van der Waals surface area contributed by atoms with Gasteiger partial charge in [-0.05, 0) is 128 Å². The highest BCUT2D eigenvalue weighted by molar-refractivity contribution is 5.97. The van der Waals surface area contributed by atoms with Gasteiger partial charge in [0, 0.05) is 34.1 Å². The molecule has 2 heteroatoms. The van der Waals surface area contributed by atoms with E-state index in [1.165, 1.54) is 33.4 Å². The van der Waals surface area contributed by atoms with Crippen LogP contribution in [-0.4, -0.2) is 0 Å². The monoisotopic (exact) mass is 731 g/mol. The minimum atomic E-state index is -0.666. The summed E-state index contributed by atoms with van der Waals surface area (Å²) in [6, 6.07) is 68.1. The van der Waals surface area contributed by atoms with E-state index >= 15 is 0 Å². The first kappa shape index (κ1) is 28.1. The third-order valence-electron chi connectivity index (χ3n) is 11.5. The Morgan fingerprint density at radius 3 is 1.39 bits per heavy atom. The smallest absolute Gasteiger partial charge is 0.0726 e. The van der Waals surface area contributed by atoms with Crippen molar-refractivity contribution in [1.82, 2.24) is 0 Å². The summed E-state index contributed by atoms with van der Waals surface area (Å²) >= 11 is 0. The van der Waals surface area contributed by atoms with Gasteiger partial charge in [0.05, 0.1) is 12.3 Å². The van der Waals surface area contributed by atoms with E-state index in [9.17, 15) is 0 Å². The first-order valence-corrected chi connectivity index (χ1v) is 19.3. The fourth-order valence-electron chi connectivity index (χ4n) is 9.20.